The number of nitrogens with zero attached hydrogens (tertiary/aromatic N) is 2. The topological polar surface area (TPSA) is 87.0 Å². The third-order valence-electron chi connectivity index (χ3n) is 3.74. The third-order valence-corrected chi connectivity index (χ3v) is 3.74. The Morgan fingerprint density at radius 3 is 2.24 bits per heavy atom. The molecule has 3 rings (SSSR count). The Morgan fingerprint density at radius 1 is 1.00 bits per heavy atom. The second-order valence-electron chi connectivity index (χ2n) is 5.46. The van der Waals surface area contributed by atoms with Crippen LogP contribution >= 0.6 is 0 Å². The molecule has 0 aliphatic carbocycles. The van der Waals surface area contributed by atoms with E-state index < -0.39 is 17.8 Å². The first-order chi connectivity index (χ1) is 12.0. The van der Waals surface area contributed by atoms with E-state index in [-0.39, 0.29) is 5.56 Å². The molecule has 2 aromatic carbocycles. The van der Waals surface area contributed by atoms with Crippen LogP contribution in [0, 0.1) is 0 Å². The maximum atomic E-state index is 12.5. The van der Waals surface area contributed by atoms with Gasteiger partial charge in [-0.1, -0.05) is 30.3 Å². The Hall–Kier alpha value is -3.54. The molecule has 25 heavy (non-hydrogen) atoms. The van der Waals surface area contributed by atoms with Gasteiger partial charge in [0.1, 0.15) is 0 Å². The van der Waals surface area contributed by atoms with Gasteiger partial charge in [-0.3, -0.25) is 9.59 Å². The maximum Gasteiger partial charge on any atom is 0.335 e. The highest BCUT2D eigenvalue weighted by Crippen LogP contribution is 2.21. The predicted octanol–water partition coefficient (Wildman–Crippen LogP) is 2.83. The van der Waals surface area contributed by atoms with E-state index >= 15 is 0 Å². The zero-order chi connectivity index (χ0) is 18.0. The molecule has 0 saturated heterocycles. The lowest BCUT2D eigenvalue weighted by molar-refractivity contribution is -0.123. The molecule has 0 bridgehead atoms. The number of carboxylic acid groups (broad SMARTS) is 1. The molecule has 6 nitrogen and oxygen atoms in total. The number of amides is 2. The van der Waals surface area contributed by atoms with Gasteiger partial charge in [0.15, 0.2) is 0 Å². The van der Waals surface area contributed by atoms with Crippen molar-refractivity contribution in [1.82, 2.24) is 5.01 Å². The fraction of sp³-hybridized carbons (Fsp3) is 0.0526. The number of carbonyl (C=O) groups excluding carboxylic acids is 2. The third kappa shape index (κ3) is 3.23. The minimum atomic E-state index is -1.02. The number of hydrogen-bond acceptors (Lipinski definition) is 4. The van der Waals surface area contributed by atoms with Crippen LogP contribution in [-0.2, 0) is 4.79 Å². The average Bonchev–Trinajstić information content (AvgIpc) is 2.90. The highest BCUT2D eigenvalue weighted by atomic mass is 16.4. The van der Waals surface area contributed by atoms with E-state index in [0.29, 0.717) is 22.4 Å². The Bertz CT molecular complexity index is 912. The standard InChI is InChI=1S/C19H14N2O4/c1-12-16(11-13-7-9-15(10-8-13)19(24)25)18(23)21(20-12)17(22)14-5-3-2-4-6-14/h2-11H,1H3,(H,24,25)/b16-11+. The van der Waals surface area contributed by atoms with Gasteiger partial charge in [-0.25, -0.2) is 4.79 Å². The summed E-state index contributed by atoms with van der Waals surface area (Å²) in [4.78, 5) is 35.8. The molecular formula is C19H14N2O4. The monoisotopic (exact) mass is 334 g/mol. The molecular weight excluding hydrogens is 320 g/mol. The van der Waals surface area contributed by atoms with E-state index in [1.54, 1.807) is 55.5 Å². The van der Waals surface area contributed by atoms with Gasteiger partial charge in [0.05, 0.1) is 16.8 Å². The minimum absolute atomic E-state index is 0.158. The van der Waals surface area contributed by atoms with Crippen molar-refractivity contribution in [2.75, 3.05) is 0 Å². The Labute approximate surface area is 143 Å². The number of hydrogen-bond donors (Lipinski definition) is 1. The summed E-state index contributed by atoms with van der Waals surface area (Å²) < 4.78 is 0. The van der Waals surface area contributed by atoms with Crippen molar-refractivity contribution in [3.8, 4) is 0 Å². The number of rotatable bonds is 3. The Balaban J connectivity index is 1.87. The highest BCUT2D eigenvalue weighted by Gasteiger charge is 2.32. The van der Waals surface area contributed by atoms with Crippen molar-refractivity contribution in [3.05, 3.63) is 76.9 Å². The first-order valence-corrected chi connectivity index (χ1v) is 7.52. The molecule has 2 amide bonds. The smallest absolute Gasteiger partial charge is 0.335 e. The molecule has 2 aromatic rings. The zero-order valence-corrected chi connectivity index (χ0v) is 13.3. The molecule has 1 N–H and O–H groups in total. The van der Waals surface area contributed by atoms with Crippen LogP contribution in [0.3, 0.4) is 0 Å². The van der Waals surface area contributed by atoms with Crippen LogP contribution in [0.2, 0.25) is 0 Å². The summed E-state index contributed by atoms with van der Waals surface area (Å²) in [6.45, 7) is 1.65. The van der Waals surface area contributed by atoms with Crippen LogP contribution in [0.4, 0.5) is 0 Å². The van der Waals surface area contributed by atoms with Crippen LogP contribution in [-0.4, -0.2) is 33.6 Å². The van der Waals surface area contributed by atoms with Gasteiger partial charge in [0, 0.05) is 5.56 Å². The molecule has 0 fully saturated rings. The Morgan fingerprint density at radius 2 is 1.64 bits per heavy atom. The van der Waals surface area contributed by atoms with Crippen LogP contribution in [0.5, 0.6) is 0 Å². The van der Waals surface area contributed by atoms with E-state index in [0.717, 1.165) is 5.01 Å². The summed E-state index contributed by atoms with van der Waals surface area (Å²) in [5, 5.41) is 13.8. The number of carboxylic acids is 1. The molecule has 1 heterocycles. The summed E-state index contributed by atoms with van der Waals surface area (Å²) >= 11 is 0. The summed E-state index contributed by atoms with van der Waals surface area (Å²) in [6, 6.07) is 14.5. The summed E-state index contributed by atoms with van der Waals surface area (Å²) in [5.74, 6) is -2.02. The molecule has 0 atom stereocenters. The molecule has 0 radical (unpaired) electrons. The molecule has 0 saturated carbocycles. The van der Waals surface area contributed by atoms with E-state index in [9.17, 15) is 14.4 Å². The highest BCUT2D eigenvalue weighted by molar-refractivity contribution is 6.30. The van der Waals surface area contributed by atoms with Crippen LogP contribution in [0.25, 0.3) is 6.08 Å². The molecule has 124 valence electrons. The number of hydrazone groups is 1. The molecule has 0 aromatic heterocycles. The van der Waals surface area contributed by atoms with E-state index in [4.69, 9.17) is 5.11 Å². The molecule has 1 aliphatic rings. The molecule has 1 aliphatic heterocycles. The Kier molecular flexibility index (Phi) is 4.26. The largest absolute Gasteiger partial charge is 0.478 e. The zero-order valence-electron chi connectivity index (χ0n) is 13.3. The number of aromatic carboxylic acids is 1. The number of carbonyl (C=O) groups is 3. The van der Waals surface area contributed by atoms with Crippen LogP contribution in [0.1, 0.15) is 33.2 Å². The van der Waals surface area contributed by atoms with Gasteiger partial charge in [0.2, 0.25) is 0 Å². The predicted molar refractivity (Wildman–Crippen MR) is 92.1 cm³/mol. The van der Waals surface area contributed by atoms with Gasteiger partial charge >= 0.3 is 5.97 Å². The van der Waals surface area contributed by atoms with Crippen molar-refractivity contribution in [1.29, 1.82) is 0 Å². The molecule has 0 spiro atoms. The van der Waals surface area contributed by atoms with Gasteiger partial charge < -0.3 is 5.11 Å². The molecule has 0 unspecified atom stereocenters. The first kappa shape index (κ1) is 16.3. The average molecular weight is 334 g/mol. The lowest BCUT2D eigenvalue weighted by atomic mass is 10.1. The summed E-state index contributed by atoms with van der Waals surface area (Å²) in [6.07, 6.45) is 1.59. The first-order valence-electron chi connectivity index (χ1n) is 7.52. The minimum Gasteiger partial charge on any atom is -0.478 e. The van der Waals surface area contributed by atoms with Gasteiger partial charge in [-0.15, -0.1) is 0 Å². The maximum absolute atomic E-state index is 12.5. The fourth-order valence-electron chi connectivity index (χ4n) is 2.41. The van der Waals surface area contributed by atoms with E-state index in [2.05, 4.69) is 5.10 Å². The SMILES string of the molecule is CC1=NN(C(=O)c2ccccc2)C(=O)/C1=C/c1ccc(C(=O)O)cc1. The van der Waals surface area contributed by atoms with Crippen molar-refractivity contribution in [3.63, 3.8) is 0 Å². The second-order valence-corrected chi connectivity index (χ2v) is 5.46. The lowest BCUT2D eigenvalue weighted by Crippen LogP contribution is -2.29. The van der Waals surface area contributed by atoms with Gasteiger partial charge in [0.25, 0.3) is 11.8 Å². The summed E-state index contributed by atoms with van der Waals surface area (Å²) in [5.41, 5.74) is 1.91. The quantitative estimate of drug-likeness (QED) is 0.691. The van der Waals surface area contributed by atoms with Crippen molar-refractivity contribution in [2.45, 2.75) is 6.92 Å². The molecule has 6 heteroatoms. The van der Waals surface area contributed by atoms with Crippen LogP contribution < -0.4 is 0 Å². The lowest BCUT2D eigenvalue weighted by Gasteiger charge is -2.09. The number of benzene rings is 2. The van der Waals surface area contributed by atoms with E-state index in [1.807, 2.05) is 0 Å². The van der Waals surface area contributed by atoms with Crippen molar-refractivity contribution >= 4 is 29.6 Å². The van der Waals surface area contributed by atoms with Crippen molar-refractivity contribution in [2.24, 2.45) is 5.10 Å². The fourth-order valence-corrected chi connectivity index (χ4v) is 2.41. The van der Waals surface area contributed by atoms with Crippen molar-refractivity contribution < 1.29 is 19.5 Å². The summed E-state index contributed by atoms with van der Waals surface area (Å²) in [7, 11) is 0. The van der Waals surface area contributed by atoms with Gasteiger partial charge in [-0.2, -0.15) is 10.1 Å². The van der Waals surface area contributed by atoms with Gasteiger partial charge in [-0.05, 0) is 42.8 Å². The van der Waals surface area contributed by atoms with Crippen LogP contribution in [0.15, 0.2) is 65.3 Å². The normalized spacial score (nSPS) is 15.4. The second kappa shape index (κ2) is 6.52. The number of imide groups is 1. The van der Waals surface area contributed by atoms with E-state index in [1.165, 1.54) is 12.1 Å².